The van der Waals surface area contributed by atoms with Gasteiger partial charge in [0.05, 0.1) is 0 Å². The van der Waals surface area contributed by atoms with E-state index in [-0.39, 0.29) is 0 Å². The topological polar surface area (TPSA) is 0 Å². The Morgan fingerprint density at radius 2 is 2.00 bits per heavy atom. The van der Waals surface area contributed by atoms with Crippen LogP contribution in [0.15, 0.2) is 24.3 Å². The van der Waals surface area contributed by atoms with Gasteiger partial charge in [0.25, 0.3) is 0 Å². The molecular formula is C11H16S. The van der Waals surface area contributed by atoms with Crippen molar-refractivity contribution >= 4 is 11.8 Å². The normalized spacial score (nSPS) is 51.1. The smallest absolute Gasteiger partial charge is 0.0324 e. The molecule has 0 bridgehead atoms. The molecule has 0 amide bonds. The standard InChI is InChI=1S/C11H16S/c1-8-9(2)12-10-6-4-5-7-11(8,10)3/h4-10H,1-3H3/t8?,9?,10-,11?/m0/s1. The highest BCUT2D eigenvalue weighted by Crippen LogP contribution is 2.53. The molecule has 2 aliphatic rings. The Morgan fingerprint density at radius 1 is 1.25 bits per heavy atom. The largest absolute Gasteiger partial charge is 0.150 e. The van der Waals surface area contributed by atoms with Gasteiger partial charge in [-0.1, -0.05) is 45.1 Å². The maximum atomic E-state index is 2.39. The molecule has 1 heterocycles. The molecule has 0 spiro atoms. The first-order valence-electron chi connectivity index (χ1n) is 4.66. The van der Waals surface area contributed by atoms with E-state index in [2.05, 4.69) is 56.8 Å². The average Bonchev–Trinajstić information content (AvgIpc) is 2.28. The predicted octanol–water partition coefficient (Wildman–Crippen LogP) is 3.26. The van der Waals surface area contributed by atoms with Crippen molar-refractivity contribution in [2.75, 3.05) is 0 Å². The lowest BCUT2D eigenvalue weighted by Crippen LogP contribution is -2.29. The summed E-state index contributed by atoms with van der Waals surface area (Å²) in [7, 11) is 0. The predicted molar refractivity (Wildman–Crippen MR) is 56.4 cm³/mol. The van der Waals surface area contributed by atoms with Crippen LogP contribution in [-0.2, 0) is 0 Å². The number of hydrogen-bond acceptors (Lipinski definition) is 1. The van der Waals surface area contributed by atoms with Crippen LogP contribution in [0.4, 0.5) is 0 Å². The second kappa shape index (κ2) is 2.66. The third kappa shape index (κ3) is 0.990. The molecular weight excluding hydrogens is 164 g/mol. The molecule has 1 aliphatic carbocycles. The fourth-order valence-corrected chi connectivity index (χ4v) is 3.95. The van der Waals surface area contributed by atoms with E-state index in [0.717, 1.165) is 11.2 Å². The van der Waals surface area contributed by atoms with Gasteiger partial charge in [0, 0.05) is 15.9 Å². The fraction of sp³-hybridized carbons (Fsp3) is 0.636. The molecule has 4 atom stereocenters. The van der Waals surface area contributed by atoms with E-state index in [1.807, 2.05) is 0 Å². The van der Waals surface area contributed by atoms with Crippen molar-refractivity contribution < 1.29 is 0 Å². The zero-order valence-electron chi connectivity index (χ0n) is 7.95. The fourth-order valence-electron chi connectivity index (χ4n) is 2.19. The van der Waals surface area contributed by atoms with Crippen LogP contribution in [0.1, 0.15) is 20.8 Å². The van der Waals surface area contributed by atoms with Gasteiger partial charge in [-0.15, -0.1) is 0 Å². The summed E-state index contributed by atoms with van der Waals surface area (Å²) >= 11 is 2.12. The van der Waals surface area contributed by atoms with E-state index in [9.17, 15) is 0 Å². The van der Waals surface area contributed by atoms with Crippen molar-refractivity contribution in [3.63, 3.8) is 0 Å². The molecule has 1 heteroatoms. The summed E-state index contributed by atoms with van der Waals surface area (Å²) < 4.78 is 0. The van der Waals surface area contributed by atoms with Crippen LogP contribution >= 0.6 is 11.8 Å². The lowest BCUT2D eigenvalue weighted by Gasteiger charge is -2.31. The van der Waals surface area contributed by atoms with E-state index >= 15 is 0 Å². The second-order valence-corrected chi connectivity index (χ2v) is 5.68. The highest BCUT2D eigenvalue weighted by atomic mass is 32.2. The van der Waals surface area contributed by atoms with Crippen molar-refractivity contribution in [3.8, 4) is 0 Å². The quantitative estimate of drug-likeness (QED) is 0.551. The van der Waals surface area contributed by atoms with Crippen molar-refractivity contribution in [1.82, 2.24) is 0 Å². The zero-order chi connectivity index (χ0) is 8.77. The number of hydrogen-bond donors (Lipinski definition) is 0. The first-order chi connectivity index (χ1) is 5.64. The van der Waals surface area contributed by atoms with Gasteiger partial charge < -0.3 is 0 Å². The molecule has 3 unspecified atom stereocenters. The molecule has 1 fully saturated rings. The van der Waals surface area contributed by atoms with Gasteiger partial charge in [0.15, 0.2) is 0 Å². The first kappa shape index (κ1) is 8.43. The lowest BCUT2D eigenvalue weighted by molar-refractivity contribution is 0.307. The summed E-state index contributed by atoms with van der Waals surface area (Å²) in [6.45, 7) is 7.11. The highest BCUT2D eigenvalue weighted by molar-refractivity contribution is 8.01. The SMILES string of the molecule is CC1S[C@H]2C=CC=CC2(C)C1C. The van der Waals surface area contributed by atoms with Crippen LogP contribution in [-0.4, -0.2) is 10.5 Å². The van der Waals surface area contributed by atoms with E-state index < -0.39 is 0 Å². The average molecular weight is 180 g/mol. The number of fused-ring (bicyclic) bond motifs is 1. The molecule has 0 radical (unpaired) electrons. The molecule has 0 saturated carbocycles. The first-order valence-corrected chi connectivity index (χ1v) is 5.60. The van der Waals surface area contributed by atoms with Crippen LogP contribution in [0, 0.1) is 11.3 Å². The van der Waals surface area contributed by atoms with Crippen LogP contribution in [0.5, 0.6) is 0 Å². The van der Waals surface area contributed by atoms with E-state index in [0.29, 0.717) is 10.7 Å². The minimum Gasteiger partial charge on any atom is -0.150 e. The Morgan fingerprint density at radius 3 is 2.67 bits per heavy atom. The summed E-state index contributed by atoms with van der Waals surface area (Å²) in [6.07, 6.45) is 9.12. The molecule has 0 nitrogen and oxygen atoms in total. The molecule has 0 N–H and O–H groups in total. The van der Waals surface area contributed by atoms with Crippen molar-refractivity contribution in [2.24, 2.45) is 11.3 Å². The van der Waals surface area contributed by atoms with Crippen LogP contribution < -0.4 is 0 Å². The zero-order valence-corrected chi connectivity index (χ0v) is 8.77. The molecule has 2 rings (SSSR count). The molecule has 0 aromatic heterocycles. The van der Waals surface area contributed by atoms with Gasteiger partial charge in [-0.3, -0.25) is 0 Å². The van der Waals surface area contributed by atoms with Gasteiger partial charge in [-0.25, -0.2) is 0 Å². The highest BCUT2D eigenvalue weighted by Gasteiger charge is 2.46. The van der Waals surface area contributed by atoms with Gasteiger partial charge in [-0.2, -0.15) is 11.8 Å². The second-order valence-electron chi connectivity index (χ2n) is 4.16. The maximum Gasteiger partial charge on any atom is 0.0324 e. The van der Waals surface area contributed by atoms with Crippen molar-refractivity contribution in [3.05, 3.63) is 24.3 Å². The molecule has 12 heavy (non-hydrogen) atoms. The number of allylic oxidation sites excluding steroid dienone is 3. The molecule has 1 aliphatic heterocycles. The Hall–Kier alpha value is -0.170. The number of rotatable bonds is 0. The summed E-state index contributed by atoms with van der Waals surface area (Å²) in [5, 5.41) is 1.51. The van der Waals surface area contributed by atoms with Gasteiger partial charge in [-0.05, 0) is 5.92 Å². The monoisotopic (exact) mass is 180 g/mol. The van der Waals surface area contributed by atoms with Crippen LogP contribution in [0.2, 0.25) is 0 Å². The molecule has 66 valence electrons. The van der Waals surface area contributed by atoms with Gasteiger partial charge in [0.2, 0.25) is 0 Å². The Balaban J connectivity index is 2.34. The van der Waals surface area contributed by atoms with Crippen molar-refractivity contribution in [1.29, 1.82) is 0 Å². The van der Waals surface area contributed by atoms with E-state index in [1.165, 1.54) is 0 Å². The van der Waals surface area contributed by atoms with E-state index in [4.69, 9.17) is 0 Å². The Bertz CT molecular complexity index is 241. The summed E-state index contributed by atoms with van der Waals surface area (Å²) in [6, 6.07) is 0. The Labute approximate surface area is 79.1 Å². The van der Waals surface area contributed by atoms with E-state index in [1.54, 1.807) is 0 Å². The third-order valence-electron chi connectivity index (χ3n) is 3.51. The van der Waals surface area contributed by atoms with Crippen LogP contribution in [0.25, 0.3) is 0 Å². The third-order valence-corrected chi connectivity index (χ3v) is 5.31. The maximum absolute atomic E-state index is 2.39. The lowest BCUT2D eigenvalue weighted by atomic mass is 9.72. The summed E-state index contributed by atoms with van der Waals surface area (Å²) in [5.41, 5.74) is 0.416. The Kier molecular flexibility index (Phi) is 1.87. The minimum absolute atomic E-state index is 0.416. The van der Waals surface area contributed by atoms with Crippen LogP contribution in [0.3, 0.4) is 0 Å². The summed E-state index contributed by atoms with van der Waals surface area (Å²) in [5.74, 6) is 0.800. The molecule has 1 saturated heterocycles. The van der Waals surface area contributed by atoms with Gasteiger partial charge in [0.1, 0.15) is 0 Å². The van der Waals surface area contributed by atoms with Gasteiger partial charge >= 0.3 is 0 Å². The minimum atomic E-state index is 0.416. The number of thioether (sulfide) groups is 1. The van der Waals surface area contributed by atoms with Crippen molar-refractivity contribution in [2.45, 2.75) is 31.3 Å². The molecule has 0 aromatic carbocycles. The summed E-state index contributed by atoms with van der Waals surface area (Å²) in [4.78, 5) is 0. The molecule has 0 aromatic rings.